The fourth-order valence-electron chi connectivity index (χ4n) is 5.72. The topological polar surface area (TPSA) is 131 Å². The van der Waals surface area contributed by atoms with Gasteiger partial charge in [-0.2, -0.15) is 0 Å². The van der Waals surface area contributed by atoms with Crippen LogP contribution in [0.5, 0.6) is 0 Å². The lowest BCUT2D eigenvalue weighted by atomic mass is 10.1. The van der Waals surface area contributed by atoms with E-state index in [1.54, 1.807) is 0 Å². The number of ether oxygens (including phenoxy) is 1. The summed E-state index contributed by atoms with van der Waals surface area (Å²) in [5, 5.41) is 12.7. The van der Waals surface area contributed by atoms with Gasteiger partial charge >= 0.3 is 13.8 Å². The second-order valence-corrected chi connectivity index (χ2v) is 15.8. The Morgan fingerprint density at radius 3 is 1.54 bits per heavy atom. The van der Waals surface area contributed by atoms with E-state index >= 15 is 0 Å². The van der Waals surface area contributed by atoms with Gasteiger partial charge in [-0.15, -0.1) is 0 Å². The standard InChI is InChI=1S/C44H80NO8P/c1-3-5-7-9-11-13-15-16-17-18-19-20-21-22-23-24-25-26-27-29-31-33-35-37-44(48)51-40-42(46)41-53-54(49,50)52-39-38-45-43(47)36-34-32-30-28-14-12-10-8-6-4-2/h11,13,16-17,19-20,22-23,42,46H,3-10,12,14-15,18,21,24-41H2,1-2H3,(H,45,47)(H,49,50)/b13-11-,17-16-,20-19-,23-22-. The van der Waals surface area contributed by atoms with Gasteiger partial charge in [-0.05, 0) is 57.8 Å². The average Bonchev–Trinajstić information content (AvgIpc) is 3.16. The molecule has 3 N–H and O–H groups in total. The number of allylic oxidation sites excluding steroid dienone is 8. The third-order valence-corrected chi connectivity index (χ3v) is 10.00. The number of amides is 1. The lowest BCUT2D eigenvalue weighted by Crippen LogP contribution is -2.27. The van der Waals surface area contributed by atoms with Crippen LogP contribution in [0.15, 0.2) is 48.6 Å². The number of carbonyl (C=O) groups is 2. The van der Waals surface area contributed by atoms with Crippen LogP contribution in [0.4, 0.5) is 0 Å². The quantitative estimate of drug-likeness (QED) is 0.0242. The third-order valence-electron chi connectivity index (χ3n) is 9.01. The smallest absolute Gasteiger partial charge is 0.463 e. The van der Waals surface area contributed by atoms with Gasteiger partial charge in [0.25, 0.3) is 0 Å². The highest BCUT2D eigenvalue weighted by Crippen LogP contribution is 2.42. The van der Waals surface area contributed by atoms with Crippen molar-refractivity contribution >= 4 is 19.7 Å². The maximum atomic E-state index is 12.1. The van der Waals surface area contributed by atoms with Gasteiger partial charge in [0, 0.05) is 19.4 Å². The zero-order chi connectivity index (χ0) is 39.6. The van der Waals surface area contributed by atoms with Gasteiger partial charge in [0.1, 0.15) is 12.7 Å². The van der Waals surface area contributed by atoms with E-state index < -0.39 is 26.5 Å². The Labute approximate surface area is 330 Å². The van der Waals surface area contributed by atoms with Gasteiger partial charge < -0.3 is 20.1 Å². The number of phosphoric ester groups is 1. The van der Waals surface area contributed by atoms with Crippen molar-refractivity contribution in [3.05, 3.63) is 48.6 Å². The average molecular weight is 782 g/mol. The lowest BCUT2D eigenvalue weighted by Gasteiger charge is -2.15. The Morgan fingerprint density at radius 2 is 1.00 bits per heavy atom. The number of hydrogen-bond donors (Lipinski definition) is 3. The van der Waals surface area contributed by atoms with Crippen molar-refractivity contribution in [1.29, 1.82) is 0 Å². The minimum Gasteiger partial charge on any atom is -0.463 e. The highest BCUT2D eigenvalue weighted by Gasteiger charge is 2.23. The summed E-state index contributed by atoms with van der Waals surface area (Å²) < 4.78 is 26.8. The van der Waals surface area contributed by atoms with E-state index in [2.05, 4.69) is 67.8 Å². The Morgan fingerprint density at radius 1 is 0.574 bits per heavy atom. The van der Waals surface area contributed by atoms with Gasteiger partial charge in [-0.1, -0.05) is 165 Å². The number of unbranched alkanes of at least 4 members (excludes halogenated alkanes) is 19. The predicted molar refractivity (Wildman–Crippen MR) is 224 cm³/mol. The van der Waals surface area contributed by atoms with Crippen LogP contribution < -0.4 is 5.32 Å². The summed E-state index contributed by atoms with van der Waals surface area (Å²) in [4.78, 5) is 33.8. The summed E-state index contributed by atoms with van der Waals surface area (Å²) in [5.41, 5.74) is 0. The molecule has 1 amide bonds. The summed E-state index contributed by atoms with van der Waals surface area (Å²) in [6.45, 7) is 3.49. The molecule has 0 heterocycles. The summed E-state index contributed by atoms with van der Waals surface area (Å²) >= 11 is 0. The number of hydrogen-bond acceptors (Lipinski definition) is 7. The minimum atomic E-state index is -4.41. The van der Waals surface area contributed by atoms with Crippen molar-refractivity contribution in [3.63, 3.8) is 0 Å². The number of carbonyl (C=O) groups excluding carboxylic acids is 2. The highest BCUT2D eigenvalue weighted by atomic mass is 31.2. The van der Waals surface area contributed by atoms with Crippen LogP contribution in [0, 0.1) is 0 Å². The molecule has 0 radical (unpaired) electrons. The predicted octanol–water partition coefficient (Wildman–Crippen LogP) is 11.9. The molecule has 314 valence electrons. The van der Waals surface area contributed by atoms with Gasteiger partial charge in [0.05, 0.1) is 13.2 Å². The minimum absolute atomic E-state index is 0.0808. The Kier molecular flexibility index (Phi) is 39.1. The first-order valence-electron chi connectivity index (χ1n) is 21.6. The molecule has 54 heavy (non-hydrogen) atoms. The summed E-state index contributed by atoms with van der Waals surface area (Å²) in [6, 6.07) is 0. The molecule has 10 heteroatoms. The molecular formula is C44H80NO8P. The van der Waals surface area contributed by atoms with Crippen LogP contribution in [-0.4, -0.2) is 54.3 Å². The van der Waals surface area contributed by atoms with Gasteiger partial charge in [-0.25, -0.2) is 4.57 Å². The lowest BCUT2D eigenvalue weighted by molar-refractivity contribution is -0.147. The zero-order valence-electron chi connectivity index (χ0n) is 34.4. The second kappa shape index (κ2) is 40.6. The van der Waals surface area contributed by atoms with Crippen LogP contribution in [0.25, 0.3) is 0 Å². The molecular weight excluding hydrogens is 701 g/mol. The molecule has 0 spiro atoms. The van der Waals surface area contributed by atoms with Crippen molar-refractivity contribution in [2.24, 2.45) is 0 Å². The molecule has 0 aromatic heterocycles. The molecule has 0 aliphatic heterocycles. The molecule has 0 saturated carbocycles. The first-order chi connectivity index (χ1) is 26.3. The first kappa shape index (κ1) is 52.0. The molecule has 2 atom stereocenters. The largest absolute Gasteiger partial charge is 0.472 e. The van der Waals surface area contributed by atoms with E-state index in [-0.39, 0.29) is 32.1 Å². The van der Waals surface area contributed by atoms with Crippen molar-refractivity contribution in [1.82, 2.24) is 5.32 Å². The van der Waals surface area contributed by atoms with Crippen LogP contribution in [-0.2, 0) is 27.9 Å². The van der Waals surface area contributed by atoms with E-state index in [4.69, 9.17) is 13.8 Å². The molecule has 0 fully saturated rings. The number of aliphatic hydroxyl groups is 1. The summed E-state index contributed by atoms with van der Waals surface area (Å²) in [7, 11) is -4.41. The fraction of sp³-hybridized carbons (Fsp3) is 0.773. The molecule has 0 aliphatic carbocycles. The Bertz CT molecular complexity index is 1030. The molecule has 0 aromatic carbocycles. The monoisotopic (exact) mass is 782 g/mol. The molecule has 0 rings (SSSR count). The van der Waals surface area contributed by atoms with Crippen LogP contribution >= 0.6 is 7.82 Å². The van der Waals surface area contributed by atoms with Crippen molar-refractivity contribution in [2.45, 2.75) is 193 Å². The summed E-state index contributed by atoms with van der Waals surface area (Å²) in [5.74, 6) is -0.529. The molecule has 0 saturated heterocycles. The van der Waals surface area contributed by atoms with E-state index in [1.807, 2.05) is 0 Å². The van der Waals surface area contributed by atoms with Crippen LogP contribution in [0.3, 0.4) is 0 Å². The first-order valence-corrected chi connectivity index (χ1v) is 23.1. The van der Waals surface area contributed by atoms with E-state index in [1.165, 1.54) is 89.9 Å². The van der Waals surface area contributed by atoms with Crippen molar-refractivity contribution in [3.8, 4) is 0 Å². The van der Waals surface area contributed by atoms with E-state index in [0.29, 0.717) is 6.42 Å². The number of rotatable bonds is 40. The normalized spacial score (nSPS) is 13.8. The number of phosphoric acid groups is 1. The maximum Gasteiger partial charge on any atom is 0.472 e. The number of aliphatic hydroxyl groups excluding tert-OH is 1. The van der Waals surface area contributed by atoms with Gasteiger partial charge in [-0.3, -0.25) is 18.6 Å². The van der Waals surface area contributed by atoms with Crippen molar-refractivity contribution in [2.75, 3.05) is 26.4 Å². The Hall–Kier alpha value is -2.03. The molecule has 0 aromatic rings. The van der Waals surface area contributed by atoms with Gasteiger partial charge in [0.15, 0.2) is 0 Å². The summed E-state index contributed by atoms with van der Waals surface area (Å²) in [6.07, 6.45) is 46.1. The van der Waals surface area contributed by atoms with E-state index in [9.17, 15) is 24.2 Å². The number of nitrogens with one attached hydrogen (secondary N) is 1. The highest BCUT2D eigenvalue weighted by molar-refractivity contribution is 7.47. The molecule has 9 nitrogen and oxygen atoms in total. The van der Waals surface area contributed by atoms with Crippen LogP contribution in [0.2, 0.25) is 0 Å². The second-order valence-electron chi connectivity index (χ2n) is 14.3. The maximum absolute atomic E-state index is 12.1. The third kappa shape index (κ3) is 41.1. The van der Waals surface area contributed by atoms with Crippen LogP contribution in [0.1, 0.15) is 187 Å². The number of esters is 1. The van der Waals surface area contributed by atoms with Gasteiger partial charge in [0.2, 0.25) is 5.91 Å². The SMILES string of the molecule is CCCCC/C=C\C/C=C\C/C=C\C/C=C\CCCCCCCCCC(=O)OCC(O)COP(=O)(O)OCCNC(=O)CCCCCCCCCCCC. The zero-order valence-corrected chi connectivity index (χ0v) is 35.3. The molecule has 0 aliphatic rings. The molecule has 2 unspecified atom stereocenters. The van der Waals surface area contributed by atoms with Crippen molar-refractivity contribution < 1.29 is 37.9 Å². The molecule has 0 bridgehead atoms. The van der Waals surface area contributed by atoms with E-state index in [0.717, 1.165) is 70.6 Å². The Balaban J connectivity index is 3.62. The fourth-order valence-corrected chi connectivity index (χ4v) is 6.47.